The predicted octanol–water partition coefficient (Wildman–Crippen LogP) is 3.65. The predicted molar refractivity (Wildman–Crippen MR) is 139 cm³/mol. The van der Waals surface area contributed by atoms with Gasteiger partial charge in [-0.3, -0.25) is 14.7 Å². The average Bonchev–Trinajstić information content (AvgIpc) is 2.80. The normalized spacial score (nSPS) is 14.5. The quantitative estimate of drug-likeness (QED) is 0.389. The molecule has 4 N–H and O–H groups in total. The van der Waals surface area contributed by atoms with Crippen LogP contribution >= 0.6 is 23.2 Å². The number of nitrogens with one attached hydrogen (secondary N) is 4. The molecule has 1 fully saturated rings. The Morgan fingerprint density at radius 2 is 1.91 bits per heavy atom. The summed E-state index contributed by atoms with van der Waals surface area (Å²) in [6.07, 6.45) is 0.748. The first-order valence-corrected chi connectivity index (χ1v) is 12.1. The molecule has 1 aliphatic heterocycles. The minimum Gasteiger partial charge on any atom is -0.444 e. The van der Waals surface area contributed by atoms with Gasteiger partial charge < -0.3 is 25.7 Å². The second-order valence-corrected chi connectivity index (χ2v) is 9.97. The lowest BCUT2D eigenvalue weighted by molar-refractivity contribution is 0.0148. The molecule has 0 atom stereocenters. The monoisotopic (exact) mass is 523 g/mol. The Hall–Kier alpha value is -2.82. The van der Waals surface area contributed by atoms with Crippen LogP contribution in [-0.2, 0) is 11.3 Å². The Morgan fingerprint density at radius 1 is 1.20 bits per heavy atom. The zero-order valence-electron chi connectivity index (χ0n) is 20.1. The van der Waals surface area contributed by atoms with Crippen LogP contribution in [0, 0.1) is 5.41 Å². The number of amides is 1. The van der Waals surface area contributed by atoms with Crippen molar-refractivity contribution in [3.63, 3.8) is 0 Å². The van der Waals surface area contributed by atoms with Crippen LogP contribution in [0.5, 0.6) is 0 Å². The van der Waals surface area contributed by atoms with E-state index >= 15 is 0 Å². The minimum absolute atomic E-state index is 0.236. The highest BCUT2D eigenvalue weighted by Gasteiger charge is 2.25. The van der Waals surface area contributed by atoms with Gasteiger partial charge in [0.1, 0.15) is 17.0 Å². The number of H-pyrrole nitrogens is 1. The highest BCUT2D eigenvalue weighted by atomic mass is 35.5. The fraction of sp³-hybridized carbons (Fsp3) is 0.478. The number of carbonyl (C=O) groups excluding carboxylic acids is 1. The van der Waals surface area contributed by atoms with Crippen LogP contribution in [0.15, 0.2) is 23.0 Å². The largest absolute Gasteiger partial charge is 0.444 e. The average molecular weight is 524 g/mol. The SMILES string of the molecule is CC(C)(C)OC(=O)N1CCN(CCNc2c(C=N)nc(NCc3ccc(Cl)c(Cl)c3)[nH]c2=O)CC1. The molecular weight excluding hydrogens is 493 g/mol. The molecule has 2 aromatic rings. The maximum absolute atomic E-state index is 12.6. The number of piperazine rings is 1. The number of hydrogen-bond acceptors (Lipinski definition) is 8. The number of nitrogens with zero attached hydrogens (tertiary/aromatic N) is 3. The molecule has 0 bridgehead atoms. The maximum Gasteiger partial charge on any atom is 0.410 e. The van der Waals surface area contributed by atoms with Crippen LogP contribution in [0.1, 0.15) is 32.0 Å². The molecule has 1 aromatic carbocycles. The van der Waals surface area contributed by atoms with Crippen LogP contribution in [0.4, 0.5) is 16.4 Å². The van der Waals surface area contributed by atoms with Crippen LogP contribution in [0.25, 0.3) is 0 Å². The van der Waals surface area contributed by atoms with Gasteiger partial charge in [-0.25, -0.2) is 9.78 Å². The van der Waals surface area contributed by atoms with Gasteiger partial charge in [0.25, 0.3) is 5.56 Å². The topological polar surface area (TPSA) is 126 Å². The van der Waals surface area contributed by atoms with E-state index in [4.69, 9.17) is 33.3 Å². The fourth-order valence-electron chi connectivity index (χ4n) is 3.50. The molecule has 0 aliphatic carbocycles. The molecule has 190 valence electrons. The molecule has 0 saturated carbocycles. The number of halogens is 2. The molecule has 2 heterocycles. The molecule has 0 spiro atoms. The van der Waals surface area contributed by atoms with Gasteiger partial charge in [0.05, 0.1) is 10.0 Å². The van der Waals surface area contributed by atoms with E-state index in [9.17, 15) is 9.59 Å². The number of aromatic amines is 1. The van der Waals surface area contributed by atoms with Gasteiger partial charge in [-0.15, -0.1) is 0 Å². The van der Waals surface area contributed by atoms with Crippen molar-refractivity contribution < 1.29 is 9.53 Å². The molecule has 3 rings (SSSR count). The summed E-state index contributed by atoms with van der Waals surface area (Å²) >= 11 is 12.0. The molecule has 35 heavy (non-hydrogen) atoms. The van der Waals surface area contributed by atoms with Crippen molar-refractivity contribution in [2.75, 3.05) is 49.9 Å². The number of rotatable bonds is 8. The number of benzene rings is 1. The van der Waals surface area contributed by atoms with E-state index < -0.39 is 5.60 Å². The Labute approximate surface area is 214 Å². The van der Waals surface area contributed by atoms with Gasteiger partial charge in [-0.1, -0.05) is 29.3 Å². The van der Waals surface area contributed by atoms with Crippen molar-refractivity contribution >= 4 is 47.1 Å². The molecule has 12 heteroatoms. The third-order valence-corrected chi connectivity index (χ3v) is 6.02. The molecule has 10 nitrogen and oxygen atoms in total. The second-order valence-electron chi connectivity index (χ2n) is 9.16. The maximum atomic E-state index is 12.6. The second kappa shape index (κ2) is 11.7. The summed E-state index contributed by atoms with van der Waals surface area (Å²) in [5, 5.41) is 14.7. The van der Waals surface area contributed by atoms with E-state index in [0.717, 1.165) is 11.8 Å². The summed E-state index contributed by atoms with van der Waals surface area (Å²) < 4.78 is 5.43. The smallest absolute Gasteiger partial charge is 0.410 e. The lowest BCUT2D eigenvalue weighted by Crippen LogP contribution is -2.50. The van der Waals surface area contributed by atoms with Gasteiger partial charge in [-0.2, -0.15) is 0 Å². The zero-order chi connectivity index (χ0) is 25.6. The zero-order valence-corrected chi connectivity index (χ0v) is 21.6. The summed E-state index contributed by atoms with van der Waals surface area (Å²) in [5.41, 5.74) is 0.463. The van der Waals surface area contributed by atoms with Crippen molar-refractivity contribution in [3.8, 4) is 0 Å². The van der Waals surface area contributed by atoms with Crippen molar-refractivity contribution in [3.05, 3.63) is 49.9 Å². The van der Waals surface area contributed by atoms with Crippen molar-refractivity contribution in [2.45, 2.75) is 32.9 Å². The fourth-order valence-corrected chi connectivity index (χ4v) is 3.83. The van der Waals surface area contributed by atoms with Gasteiger partial charge in [0.2, 0.25) is 5.95 Å². The first-order chi connectivity index (χ1) is 16.6. The number of anilines is 2. The number of hydrogen-bond donors (Lipinski definition) is 4. The third-order valence-electron chi connectivity index (χ3n) is 5.28. The van der Waals surface area contributed by atoms with E-state index in [-0.39, 0.29) is 29.0 Å². The van der Waals surface area contributed by atoms with E-state index in [0.29, 0.717) is 55.9 Å². The van der Waals surface area contributed by atoms with Crippen molar-refractivity contribution in [1.29, 1.82) is 5.41 Å². The lowest BCUT2D eigenvalue weighted by atomic mass is 10.2. The summed E-state index contributed by atoms with van der Waals surface area (Å²) in [7, 11) is 0. The number of aromatic nitrogens is 2. The highest BCUT2D eigenvalue weighted by molar-refractivity contribution is 6.42. The van der Waals surface area contributed by atoms with E-state index in [1.54, 1.807) is 17.0 Å². The molecule has 1 amide bonds. The van der Waals surface area contributed by atoms with Gasteiger partial charge in [0.15, 0.2) is 0 Å². The summed E-state index contributed by atoms with van der Waals surface area (Å²) in [4.78, 5) is 35.8. The molecule has 1 aromatic heterocycles. The summed E-state index contributed by atoms with van der Waals surface area (Å²) in [6, 6.07) is 5.25. The van der Waals surface area contributed by atoms with E-state index in [1.807, 2.05) is 26.8 Å². The number of carbonyl (C=O) groups is 1. The van der Waals surface area contributed by atoms with Crippen LogP contribution in [0.3, 0.4) is 0 Å². The Kier molecular flexibility index (Phi) is 8.98. The minimum atomic E-state index is -0.513. The number of ether oxygens (including phenoxy) is 1. The van der Waals surface area contributed by atoms with Gasteiger partial charge >= 0.3 is 6.09 Å². The van der Waals surface area contributed by atoms with Crippen molar-refractivity contribution in [2.24, 2.45) is 0 Å². The van der Waals surface area contributed by atoms with Crippen LogP contribution in [0.2, 0.25) is 10.0 Å². The summed E-state index contributed by atoms with van der Waals surface area (Å²) in [5.74, 6) is 0.253. The summed E-state index contributed by atoms with van der Waals surface area (Å²) in [6.45, 7) is 9.70. The van der Waals surface area contributed by atoms with Crippen molar-refractivity contribution in [1.82, 2.24) is 19.8 Å². The standard InChI is InChI=1S/C23H31Cl2N7O3/c1-23(2,3)35-22(34)32-10-8-31(9-11-32)7-6-27-19-18(13-26)29-21(30-20(19)33)28-14-15-4-5-16(24)17(25)12-15/h4-5,12-13,26-27H,6-11,14H2,1-3H3,(H2,28,29,30,33). The molecule has 1 aliphatic rings. The first-order valence-electron chi connectivity index (χ1n) is 11.3. The Balaban J connectivity index is 1.50. The van der Waals surface area contributed by atoms with E-state index in [2.05, 4.69) is 25.5 Å². The molecule has 0 radical (unpaired) electrons. The first kappa shape index (κ1) is 26.8. The molecule has 1 saturated heterocycles. The third kappa shape index (κ3) is 7.84. The Bertz CT molecular complexity index is 1110. The Morgan fingerprint density at radius 3 is 2.54 bits per heavy atom. The van der Waals surface area contributed by atoms with Crippen LogP contribution < -0.4 is 16.2 Å². The van der Waals surface area contributed by atoms with Gasteiger partial charge in [-0.05, 0) is 38.5 Å². The molecule has 0 unspecified atom stereocenters. The van der Waals surface area contributed by atoms with Gasteiger partial charge in [0, 0.05) is 52.0 Å². The van der Waals surface area contributed by atoms with Crippen LogP contribution in [-0.4, -0.2) is 76.9 Å². The molecular formula is C23H31Cl2N7O3. The van der Waals surface area contributed by atoms with E-state index in [1.165, 1.54) is 0 Å². The highest BCUT2D eigenvalue weighted by Crippen LogP contribution is 2.23. The lowest BCUT2D eigenvalue weighted by Gasteiger charge is -2.35.